The molecule has 0 amide bonds. The average molecular weight is 287 g/mol. The Balaban J connectivity index is 0.00000162. The minimum Gasteiger partial charge on any atom is -0.506 e. The third-order valence-corrected chi connectivity index (χ3v) is 3.44. The Morgan fingerprint density at radius 3 is 2.78 bits per heavy atom. The molecule has 2 rings (SSSR count). The van der Waals surface area contributed by atoms with Gasteiger partial charge in [0.15, 0.2) is 0 Å². The Bertz CT molecular complexity index is 517. The van der Waals surface area contributed by atoms with Crippen LogP contribution in [0.15, 0.2) is 23.0 Å². The third-order valence-electron chi connectivity index (χ3n) is 2.74. The monoisotopic (exact) mass is 286 g/mol. The lowest BCUT2D eigenvalue weighted by molar-refractivity contribution is 0.278. The predicted octanol–water partition coefficient (Wildman–Crippen LogP) is 2.12. The highest BCUT2D eigenvalue weighted by Gasteiger charge is 2.19. The van der Waals surface area contributed by atoms with Crippen LogP contribution in [0.1, 0.15) is 28.4 Å². The van der Waals surface area contributed by atoms with Gasteiger partial charge >= 0.3 is 0 Å². The standard InChI is InChI=1S/C12H14N2O2S.ClH/c1-7-12(16)10(9(5-15)4-14-7)11(13)8-2-3-17-6-8;/h2-4,6,11,15-16H,5,13H2,1H3;1H/t11-;/m0./s1. The first-order chi connectivity index (χ1) is 8.15. The average Bonchev–Trinajstić information content (AvgIpc) is 2.85. The zero-order chi connectivity index (χ0) is 12.4. The summed E-state index contributed by atoms with van der Waals surface area (Å²) in [6.07, 6.45) is 1.55. The highest BCUT2D eigenvalue weighted by Crippen LogP contribution is 2.32. The summed E-state index contributed by atoms with van der Waals surface area (Å²) in [6.45, 7) is 1.52. The van der Waals surface area contributed by atoms with Gasteiger partial charge in [-0.25, -0.2) is 0 Å². The summed E-state index contributed by atoms with van der Waals surface area (Å²) in [5, 5.41) is 23.2. The van der Waals surface area contributed by atoms with Crippen molar-refractivity contribution in [3.63, 3.8) is 0 Å². The Kier molecular flexibility index (Phi) is 5.10. The number of rotatable bonds is 3. The molecule has 4 nitrogen and oxygen atoms in total. The van der Waals surface area contributed by atoms with Crippen molar-refractivity contribution in [1.82, 2.24) is 4.98 Å². The molecule has 98 valence electrons. The molecule has 0 saturated heterocycles. The lowest BCUT2D eigenvalue weighted by Crippen LogP contribution is -2.14. The van der Waals surface area contributed by atoms with Gasteiger partial charge in [0.2, 0.25) is 0 Å². The van der Waals surface area contributed by atoms with Crippen LogP contribution in [0.2, 0.25) is 0 Å². The summed E-state index contributed by atoms with van der Waals surface area (Å²) in [5.74, 6) is 0.0650. The topological polar surface area (TPSA) is 79.4 Å². The van der Waals surface area contributed by atoms with Crippen LogP contribution in [0.25, 0.3) is 0 Å². The molecule has 1 atom stereocenters. The Morgan fingerprint density at radius 1 is 1.50 bits per heavy atom. The molecule has 6 heteroatoms. The molecule has 0 radical (unpaired) electrons. The lowest BCUT2D eigenvalue weighted by Gasteiger charge is -2.17. The van der Waals surface area contributed by atoms with Crippen LogP contribution in [0.3, 0.4) is 0 Å². The fraction of sp³-hybridized carbons (Fsp3) is 0.250. The van der Waals surface area contributed by atoms with E-state index < -0.39 is 6.04 Å². The second-order valence-electron chi connectivity index (χ2n) is 3.82. The van der Waals surface area contributed by atoms with E-state index in [1.165, 1.54) is 0 Å². The van der Waals surface area contributed by atoms with Gasteiger partial charge in [-0.2, -0.15) is 11.3 Å². The maximum Gasteiger partial charge on any atom is 0.142 e. The third kappa shape index (κ3) is 2.64. The zero-order valence-electron chi connectivity index (χ0n) is 9.83. The SMILES string of the molecule is Cc1ncc(CO)c([C@@H](N)c2ccsc2)c1O.Cl. The van der Waals surface area contributed by atoms with Crippen molar-refractivity contribution in [2.45, 2.75) is 19.6 Å². The van der Waals surface area contributed by atoms with Crippen LogP contribution >= 0.6 is 23.7 Å². The fourth-order valence-electron chi connectivity index (χ4n) is 1.74. The van der Waals surface area contributed by atoms with Gasteiger partial charge in [-0.05, 0) is 29.3 Å². The van der Waals surface area contributed by atoms with E-state index in [9.17, 15) is 10.2 Å². The minimum atomic E-state index is -0.440. The van der Waals surface area contributed by atoms with Crippen molar-refractivity contribution in [3.8, 4) is 5.75 Å². The molecule has 4 N–H and O–H groups in total. The van der Waals surface area contributed by atoms with Crippen molar-refractivity contribution in [2.75, 3.05) is 0 Å². The van der Waals surface area contributed by atoms with Gasteiger partial charge in [-0.15, -0.1) is 12.4 Å². The molecule has 2 heterocycles. The molecule has 0 aromatic carbocycles. The molecule has 0 unspecified atom stereocenters. The number of thiophene rings is 1. The predicted molar refractivity (Wildman–Crippen MR) is 74.2 cm³/mol. The second kappa shape index (κ2) is 6.15. The molecular formula is C12H15ClN2O2S. The number of halogens is 1. The van der Waals surface area contributed by atoms with Crippen LogP contribution in [0.4, 0.5) is 0 Å². The van der Waals surface area contributed by atoms with Crippen LogP contribution in [0, 0.1) is 6.92 Å². The van der Waals surface area contributed by atoms with Crippen molar-refractivity contribution < 1.29 is 10.2 Å². The van der Waals surface area contributed by atoms with Crippen LogP contribution in [0.5, 0.6) is 5.75 Å². The highest BCUT2D eigenvalue weighted by atomic mass is 35.5. The molecule has 2 aromatic rings. The summed E-state index contributed by atoms with van der Waals surface area (Å²) in [6, 6.07) is 1.47. The number of pyridine rings is 1. The molecule has 0 aliphatic carbocycles. The first-order valence-corrected chi connectivity index (χ1v) is 6.15. The van der Waals surface area contributed by atoms with Crippen LogP contribution in [-0.4, -0.2) is 15.2 Å². The van der Waals surface area contributed by atoms with Gasteiger partial charge in [-0.1, -0.05) is 0 Å². The smallest absolute Gasteiger partial charge is 0.142 e. The molecule has 0 aliphatic heterocycles. The summed E-state index contributed by atoms with van der Waals surface area (Å²) in [4.78, 5) is 4.01. The quantitative estimate of drug-likeness (QED) is 0.807. The van der Waals surface area contributed by atoms with Crippen LogP contribution in [-0.2, 0) is 6.61 Å². The Hall–Kier alpha value is -1.14. The number of hydrogen-bond donors (Lipinski definition) is 3. The minimum absolute atomic E-state index is 0. The fourth-order valence-corrected chi connectivity index (χ4v) is 2.44. The summed E-state index contributed by atoms with van der Waals surface area (Å²) in [5.41, 5.74) is 8.67. The van der Waals surface area contributed by atoms with Gasteiger partial charge in [0.05, 0.1) is 18.3 Å². The van der Waals surface area contributed by atoms with E-state index in [1.54, 1.807) is 24.5 Å². The van der Waals surface area contributed by atoms with Gasteiger partial charge in [-0.3, -0.25) is 4.98 Å². The van der Waals surface area contributed by atoms with E-state index in [2.05, 4.69) is 4.98 Å². The highest BCUT2D eigenvalue weighted by molar-refractivity contribution is 7.08. The zero-order valence-corrected chi connectivity index (χ0v) is 11.5. The summed E-state index contributed by atoms with van der Waals surface area (Å²) in [7, 11) is 0. The molecule has 0 bridgehead atoms. The van der Waals surface area contributed by atoms with Gasteiger partial charge in [0.25, 0.3) is 0 Å². The van der Waals surface area contributed by atoms with Crippen molar-refractivity contribution in [1.29, 1.82) is 0 Å². The first-order valence-electron chi connectivity index (χ1n) is 5.21. The number of aromatic nitrogens is 1. The molecular weight excluding hydrogens is 272 g/mol. The van der Waals surface area contributed by atoms with Crippen LogP contribution < -0.4 is 5.73 Å². The van der Waals surface area contributed by atoms with Crippen molar-refractivity contribution in [2.24, 2.45) is 5.73 Å². The Morgan fingerprint density at radius 2 is 2.22 bits per heavy atom. The van der Waals surface area contributed by atoms with E-state index in [-0.39, 0.29) is 24.8 Å². The number of nitrogens with zero attached hydrogens (tertiary/aromatic N) is 1. The van der Waals surface area contributed by atoms with Gasteiger partial charge in [0.1, 0.15) is 5.75 Å². The van der Waals surface area contributed by atoms with E-state index in [0.717, 1.165) is 5.56 Å². The number of aliphatic hydroxyl groups excluding tert-OH is 1. The van der Waals surface area contributed by atoms with Gasteiger partial charge < -0.3 is 15.9 Å². The van der Waals surface area contributed by atoms with E-state index in [1.807, 2.05) is 16.8 Å². The number of aryl methyl sites for hydroxylation is 1. The molecule has 0 saturated carbocycles. The maximum atomic E-state index is 10.0. The second-order valence-corrected chi connectivity index (χ2v) is 4.60. The van der Waals surface area contributed by atoms with Crippen molar-refractivity contribution in [3.05, 3.63) is 45.4 Å². The summed E-state index contributed by atoms with van der Waals surface area (Å²) < 4.78 is 0. The van der Waals surface area contributed by atoms with E-state index in [0.29, 0.717) is 16.8 Å². The summed E-state index contributed by atoms with van der Waals surface area (Å²) >= 11 is 1.55. The lowest BCUT2D eigenvalue weighted by atomic mass is 9.97. The van der Waals surface area contributed by atoms with E-state index in [4.69, 9.17) is 5.73 Å². The molecule has 0 spiro atoms. The number of hydrogen-bond acceptors (Lipinski definition) is 5. The molecule has 0 fully saturated rings. The van der Waals surface area contributed by atoms with Crippen molar-refractivity contribution >= 4 is 23.7 Å². The number of aliphatic hydroxyl groups is 1. The molecule has 2 aromatic heterocycles. The number of nitrogens with two attached hydrogens (primary N) is 1. The first kappa shape index (κ1) is 14.9. The molecule has 18 heavy (non-hydrogen) atoms. The van der Waals surface area contributed by atoms with Gasteiger partial charge in [0, 0.05) is 17.3 Å². The normalized spacial score (nSPS) is 11.9. The number of aromatic hydroxyl groups is 1. The molecule has 0 aliphatic rings. The maximum absolute atomic E-state index is 10.0. The Labute approximate surface area is 116 Å². The van der Waals surface area contributed by atoms with E-state index >= 15 is 0 Å². The largest absolute Gasteiger partial charge is 0.506 e.